The Balaban J connectivity index is 1.55. The molecule has 2 aromatic carbocycles. The van der Waals surface area contributed by atoms with Gasteiger partial charge in [0.1, 0.15) is 11.4 Å². The number of para-hydroxylation sites is 1. The summed E-state index contributed by atoms with van der Waals surface area (Å²) in [6, 6.07) is 16.6. The molecule has 186 valence electrons. The normalized spacial score (nSPS) is 23.0. The van der Waals surface area contributed by atoms with E-state index < -0.39 is 6.35 Å². The van der Waals surface area contributed by atoms with Gasteiger partial charge in [-0.05, 0) is 55.2 Å². The summed E-state index contributed by atoms with van der Waals surface area (Å²) in [5, 5.41) is 22.4. The lowest BCUT2D eigenvalue weighted by molar-refractivity contribution is -0.0135. The highest BCUT2D eigenvalue weighted by atomic mass is 16.5. The van der Waals surface area contributed by atoms with E-state index in [-0.39, 0.29) is 6.04 Å². The Morgan fingerprint density at radius 1 is 1.19 bits per heavy atom. The third kappa shape index (κ3) is 3.71. The molecule has 1 aliphatic carbocycles. The molecule has 1 aromatic heterocycles. The zero-order chi connectivity index (χ0) is 24.8. The monoisotopic (exact) mass is 485 g/mol. The van der Waals surface area contributed by atoms with E-state index in [4.69, 9.17) is 9.72 Å². The largest absolute Gasteiger partial charge is 0.495 e. The standard InChI is InChI=1S/C27H31N7O2/c1-4-33-27(35)32(2)22-16-28-26-30-21-15-18(11-13-23(21)36-3)24(29-19-8-6-5-7-9-19)17-10-12-20(14-17)34(33)25(22)31-26/h5-9,11,13,15-16,20,27,29,35H,4,10,12,14H2,1-3H3,(H,28,30,31)/b24-17+. The number of ether oxygens (including phenoxy) is 1. The van der Waals surface area contributed by atoms with Gasteiger partial charge in [0.15, 0.2) is 5.82 Å². The van der Waals surface area contributed by atoms with Gasteiger partial charge in [0.2, 0.25) is 12.3 Å². The third-order valence-corrected chi connectivity index (χ3v) is 7.30. The van der Waals surface area contributed by atoms with Crippen molar-refractivity contribution < 1.29 is 9.84 Å². The molecule has 1 saturated carbocycles. The van der Waals surface area contributed by atoms with Crippen molar-refractivity contribution in [3.05, 3.63) is 65.9 Å². The highest BCUT2D eigenvalue weighted by Crippen LogP contribution is 2.44. The first-order valence-electron chi connectivity index (χ1n) is 12.4. The molecule has 3 aliphatic rings. The van der Waals surface area contributed by atoms with E-state index in [0.717, 1.165) is 53.4 Å². The van der Waals surface area contributed by atoms with Crippen molar-refractivity contribution in [2.45, 2.75) is 38.6 Å². The lowest BCUT2D eigenvalue weighted by Crippen LogP contribution is -2.62. The fraction of sp³-hybridized carbons (Fsp3) is 0.333. The number of aromatic nitrogens is 2. The number of hydrazine groups is 1. The van der Waals surface area contributed by atoms with Crippen molar-refractivity contribution in [1.82, 2.24) is 15.0 Å². The molecular formula is C27H31N7O2. The number of anilines is 5. The first kappa shape index (κ1) is 22.6. The number of nitrogens with zero attached hydrogens (tertiary/aromatic N) is 5. The minimum absolute atomic E-state index is 0.162. The number of nitrogens with one attached hydrogen (secondary N) is 2. The molecule has 0 spiro atoms. The predicted molar refractivity (Wildman–Crippen MR) is 142 cm³/mol. The van der Waals surface area contributed by atoms with Crippen LogP contribution in [0, 0.1) is 0 Å². The van der Waals surface area contributed by atoms with Gasteiger partial charge in [-0.15, -0.1) is 0 Å². The van der Waals surface area contributed by atoms with Crippen molar-refractivity contribution in [1.29, 1.82) is 0 Å². The van der Waals surface area contributed by atoms with Crippen molar-refractivity contribution in [2.24, 2.45) is 0 Å². The minimum atomic E-state index is -0.791. The molecule has 2 unspecified atom stereocenters. The first-order valence-corrected chi connectivity index (χ1v) is 12.4. The van der Waals surface area contributed by atoms with Crippen LogP contribution in [0.1, 0.15) is 31.7 Å². The molecule has 9 nitrogen and oxygen atoms in total. The number of methoxy groups -OCH3 is 1. The van der Waals surface area contributed by atoms with Crippen LogP contribution in [0.4, 0.5) is 28.8 Å². The summed E-state index contributed by atoms with van der Waals surface area (Å²) in [7, 11) is 3.54. The fourth-order valence-electron chi connectivity index (χ4n) is 5.48. The summed E-state index contributed by atoms with van der Waals surface area (Å²) in [6.07, 6.45) is 3.75. The Hall–Kier alpha value is -3.82. The highest BCUT2D eigenvalue weighted by molar-refractivity contribution is 5.83. The van der Waals surface area contributed by atoms with Crippen LogP contribution in [0.15, 0.2) is 60.3 Å². The van der Waals surface area contributed by atoms with Gasteiger partial charge in [0.25, 0.3) is 0 Å². The van der Waals surface area contributed by atoms with Crippen molar-refractivity contribution in [2.75, 3.05) is 41.2 Å². The molecule has 3 N–H and O–H groups in total. The van der Waals surface area contributed by atoms with E-state index >= 15 is 0 Å². The number of aliphatic hydroxyl groups is 1. The van der Waals surface area contributed by atoms with Gasteiger partial charge in [-0.3, -0.25) is 5.01 Å². The molecule has 2 aliphatic heterocycles. The van der Waals surface area contributed by atoms with Crippen LogP contribution in [-0.2, 0) is 0 Å². The van der Waals surface area contributed by atoms with Crippen molar-refractivity contribution in [3.63, 3.8) is 0 Å². The Morgan fingerprint density at radius 3 is 2.81 bits per heavy atom. The Labute approximate surface area is 211 Å². The zero-order valence-corrected chi connectivity index (χ0v) is 20.8. The molecular weight excluding hydrogens is 454 g/mol. The van der Waals surface area contributed by atoms with E-state index in [9.17, 15) is 5.11 Å². The maximum absolute atomic E-state index is 11.1. The van der Waals surface area contributed by atoms with Crippen LogP contribution in [0.2, 0.25) is 0 Å². The Bertz CT molecular complexity index is 1310. The summed E-state index contributed by atoms with van der Waals surface area (Å²) < 4.78 is 5.66. The summed E-state index contributed by atoms with van der Waals surface area (Å²) in [4.78, 5) is 11.4. The highest BCUT2D eigenvalue weighted by Gasteiger charge is 2.41. The molecule has 0 saturated heterocycles. The van der Waals surface area contributed by atoms with Gasteiger partial charge < -0.3 is 25.4 Å². The van der Waals surface area contributed by atoms with Gasteiger partial charge in [0, 0.05) is 30.5 Å². The second-order valence-electron chi connectivity index (χ2n) is 9.37. The summed E-state index contributed by atoms with van der Waals surface area (Å²) in [5.41, 5.74) is 6.16. The second kappa shape index (κ2) is 9.00. The van der Waals surface area contributed by atoms with Gasteiger partial charge >= 0.3 is 0 Å². The number of aliphatic hydroxyl groups excluding tert-OH is 1. The number of hydrogen-bond donors (Lipinski definition) is 3. The van der Waals surface area contributed by atoms with Crippen molar-refractivity contribution >= 4 is 34.5 Å². The Morgan fingerprint density at radius 2 is 2.03 bits per heavy atom. The molecule has 3 aromatic rings. The maximum Gasteiger partial charge on any atom is 0.229 e. The van der Waals surface area contributed by atoms with Crippen LogP contribution in [0.3, 0.4) is 0 Å². The van der Waals surface area contributed by atoms with Crippen LogP contribution < -0.4 is 25.3 Å². The third-order valence-electron chi connectivity index (χ3n) is 7.30. The van der Waals surface area contributed by atoms with Gasteiger partial charge in [0.05, 0.1) is 25.0 Å². The minimum Gasteiger partial charge on any atom is -0.495 e. The molecule has 6 rings (SSSR count). The Kier molecular flexibility index (Phi) is 5.66. The van der Waals surface area contributed by atoms with E-state index in [1.165, 1.54) is 5.57 Å². The number of benzene rings is 2. The lowest BCUT2D eigenvalue weighted by Gasteiger charge is -2.49. The van der Waals surface area contributed by atoms with Crippen LogP contribution in [0.5, 0.6) is 5.75 Å². The first-order chi connectivity index (χ1) is 17.6. The molecule has 2 atom stereocenters. The molecule has 1 fully saturated rings. The molecule has 6 bridgehead atoms. The number of fused-ring (bicyclic) bond motifs is 6. The SMILES string of the molecule is CCN1C(O)N(C)c2cnc3nc2N1C1CC/C(=C(\Nc2ccccc2)c2ccc(OC)c(c2)N3)C1. The van der Waals surface area contributed by atoms with E-state index in [2.05, 4.69) is 51.8 Å². The predicted octanol–water partition coefficient (Wildman–Crippen LogP) is 4.39. The van der Waals surface area contributed by atoms with Crippen molar-refractivity contribution in [3.8, 4) is 5.75 Å². The lowest BCUT2D eigenvalue weighted by atomic mass is 10.0. The summed E-state index contributed by atoms with van der Waals surface area (Å²) in [6.45, 7) is 2.71. The molecule has 0 amide bonds. The van der Waals surface area contributed by atoms with Crippen LogP contribution >= 0.6 is 0 Å². The number of hydrogen-bond acceptors (Lipinski definition) is 9. The van der Waals surface area contributed by atoms with Crippen LogP contribution in [-0.4, -0.2) is 53.2 Å². The average Bonchev–Trinajstić information content (AvgIpc) is 3.38. The zero-order valence-electron chi connectivity index (χ0n) is 20.8. The maximum atomic E-state index is 11.1. The fourth-order valence-corrected chi connectivity index (χ4v) is 5.48. The topological polar surface area (TPSA) is 89.0 Å². The molecule has 0 radical (unpaired) electrons. The van der Waals surface area contributed by atoms with Gasteiger partial charge in [-0.25, -0.2) is 4.98 Å². The number of rotatable bonds is 4. The quantitative estimate of drug-likeness (QED) is 0.498. The van der Waals surface area contributed by atoms with E-state index in [1.54, 1.807) is 13.3 Å². The van der Waals surface area contributed by atoms with Gasteiger partial charge in [-0.2, -0.15) is 9.99 Å². The van der Waals surface area contributed by atoms with Crippen LogP contribution in [0.25, 0.3) is 5.70 Å². The smallest absolute Gasteiger partial charge is 0.229 e. The molecule has 3 heterocycles. The average molecular weight is 486 g/mol. The second-order valence-corrected chi connectivity index (χ2v) is 9.37. The summed E-state index contributed by atoms with van der Waals surface area (Å²) >= 11 is 0. The molecule has 9 heteroatoms. The van der Waals surface area contributed by atoms with E-state index in [1.807, 2.05) is 41.2 Å². The molecule has 36 heavy (non-hydrogen) atoms. The summed E-state index contributed by atoms with van der Waals surface area (Å²) in [5.74, 6) is 1.99. The van der Waals surface area contributed by atoms with E-state index in [0.29, 0.717) is 18.2 Å². The van der Waals surface area contributed by atoms with Gasteiger partial charge in [-0.1, -0.05) is 25.1 Å².